The van der Waals surface area contributed by atoms with Crippen LogP contribution in [-0.4, -0.2) is 32.3 Å². The Morgan fingerprint density at radius 3 is 2.64 bits per heavy atom. The number of amides is 1. The average molecular weight is 379 g/mol. The van der Waals surface area contributed by atoms with Crippen molar-refractivity contribution in [2.45, 2.75) is 13.3 Å². The molecule has 0 aliphatic carbocycles. The summed E-state index contributed by atoms with van der Waals surface area (Å²) < 4.78 is 0. The summed E-state index contributed by atoms with van der Waals surface area (Å²) in [6.45, 7) is 1.78. The summed E-state index contributed by atoms with van der Waals surface area (Å²) in [6, 6.07) is 11.0. The number of aromatic nitrogens is 2. The van der Waals surface area contributed by atoms with Gasteiger partial charge in [-0.2, -0.15) is 5.10 Å². The van der Waals surface area contributed by atoms with E-state index < -0.39 is 10.8 Å². The lowest BCUT2D eigenvalue weighted by molar-refractivity contribution is -0.384. The number of nitrogens with zero attached hydrogens (tertiary/aromatic N) is 3. The number of nitro benzene ring substituents is 1. The van der Waals surface area contributed by atoms with Crippen molar-refractivity contribution in [2.75, 3.05) is 0 Å². The van der Waals surface area contributed by atoms with Crippen LogP contribution in [0.5, 0.6) is 5.75 Å². The van der Waals surface area contributed by atoms with Gasteiger partial charge in [0.2, 0.25) is 0 Å². The zero-order chi connectivity index (χ0) is 20.3. The van der Waals surface area contributed by atoms with E-state index in [1.807, 2.05) is 0 Å². The highest BCUT2D eigenvalue weighted by atomic mass is 16.6. The molecule has 0 saturated carbocycles. The van der Waals surface area contributed by atoms with Gasteiger partial charge in [0.1, 0.15) is 11.3 Å². The van der Waals surface area contributed by atoms with Crippen molar-refractivity contribution >= 4 is 23.6 Å². The molecule has 0 spiro atoms. The largest absolute Gasteiger partial charge is 0.508 e. The Bertz CT molecular complexity index is 1070. The molecule has 0 aliphatic rings. The van der Waals surface area contributed by atoms with Crippen LogP contribution < -0.4 is 5.73 Å². The normalized spacial score (nSPS) is 11.0. The molecule has 0 aliphatic heterocycles. The predicted molar refractivity (Wildman–Crippen MR) is 103 cm³/mol. The standard InChI is InChI=1S/C19H17N5O4/c1-11-2-3-13(9-16(11)25)10-21-19-17(18(20)26)15(22-23-19)8-12-4-6-14(7-5-12)24(27)28/h2-7,9-10,25H,8H2,1H3,(H2,20,26)(H,22,23). The second-order valence-electron chi connectivity index (χ2n) is 6.17. The highest BCUT2D eigenvalue weighted by Gasteiger charge is 2.18. The van der Waals surface area contributed by atoms with Gasteiger partial charge in [0, 0.05) is 24.8 Å². The van der Waals surface area contributed by atoms with E-state index in [0.29, 0.717) is 11.3 Å². The summed E-state index contributed by atoms with van der Waals surface area (Å²) >= 11 is 0. The van der Waals surface area contributed by atoms with Crippen LogP contribution in [0.4, 0.5) is 11.5 Å². The summed E-state index contributed by atoms with van der Waals surface area (Å²) in [4.78, 5) is 26.4. The number of primary amides is 1. The third-order valence-corrected chi connectivity index (χ3v) is 4.17. The number of nitrogens with two attached hydrogens (primary N) is 1. The lowest BCUT2D eigenvalue weighted by Crippen LogP contribution is -2.13. The van der Waals surface area contributed by atoms with Gasteiger partial charge < -0.3 is 10.8 Å². The molecule has 0 bridgehead atoms. The monoisotopic (exact) mass is 379 g/mol. The van der Waals surface area contributed by atoms with Crippen molar-refractivity contribution in [1.29, 1.82) is 0 Å². The van der Waals surface area contributed by atoms with Gasteiger partial charge in [0.25, 0.3) is 11.6 Å². The quantitative estimate of drug-likeness (QED) is 0.342. The SMILES string of the molecule is Cc1ccc(C=Nc2n[nH]c(Cc3ccc([N+](=O)[O-])cc3)c2C(N)=O)cc1O. The third kappa shape index (κ3) is 4.04. The second-order valence-corrected chi connectivity index (χ2v) is 6.17. The number of rotatable bonds is 6. The van der Waals surface area contributed by atoms with Crippen LogP contribution in [0.25, 0.3) is 0 Å². The molecule has 1 aromatic heterocycles. The molecule has 0 atom stereocenters. The van der Waals surface area contributed by atoms with Gasteiger partial charge in [-0.05, 0) is 29.7 Å². The molecule has 0 fully saturated rings. The molecule has 142 valence electrons. The van der Waals surface area contributed by atoms with E-state index in [0.717, 1.165) is 11.1 Å². The van der Waals surface area contributed by atoms with Crippen molar-refractivity contribution < 1.29 is 14.8 Å². The maximum absolute atomic E-state index is 11.9. The molecule has 28 heavy (non-hydrogen) atoms. The van der Waals surface area contributed by atoms with E-state index in [-0.39, 0.29) is 29.2 Å². The van der Waals surface area contributed by atoms with Crippen LogP contribution in [-0.2, 0) is 6.42 Å². The van der Waals surface area contributed by atoms with Crippen molar-refractivity contribution in [3.05, 3.63) is 80.5 Å². The summed E-state index contributed by atoms with van der Waals surface area (Å²) in [5.41, 5.74) is 8.19. The van der Waals surface area contributed by atoms with E-state index in [1.54, 1.807) is 37.3 Å². The Balaban J connectivity index is 1.87. The van der Waals surface area contributed by atoms with Crippen molar-refractivity contribution in [1.82, 2.24) is 10.2 Å². The van der Waals surface area contributed by atoms with E-state index >= 15 is 0 Å². The van der Waals surface area contributed by atoms with Gasteiger partial charge in [0.15, 0.2) is 5.82 Å². The lowest BCUT2D eigenvalue weighted by atomic mass is 10.1. The molecule has 4 N–H and O–H groups in total. The van der Waals surface area contributed by atoms with Crippen molar-refractivity contribution in [3.8, 4) is 5.75 Å². The first-order valence-electron chi connectivity index (χ1n) is 8.29. The maximum atomic E-state index is 11.9. The number of aliphatic imine (C=N–C) groups is 1. The van der Waals surface area contributed by atoms with Gasteiger partial charge in [-0.15, -0.1) is 0 Å². The zero-order valence-electron chi connectivity index (χ0n) is 14.9. The van der Waals surface area contributed by atoms with Crippen LogP contribution in [0.3, 0.4) is 0 Å². The fraction of sp³-hybridized carbons (Fsp3) is 0.105. The van der Waals surface area contributed by atoms with Crippen LogP contribution in [0, 0.1) is 17.0 Å². The first-order valence-corrected chi connectivity index (χ1v) is 8.29. The molecule has 3 aromatic rings. The molecular formula is C19H17N5O4. The fourth-order valence-corrected chi connectivity index (χ4v) is 2.63. The number of aryl methyl sites for hydroxylation is 1. The number of aromatic amines is 1. The number of nitro groups is 1. The Hall–Kier alpha value is -4.01. The summed E-state index contributed by atoms with van der Waals surface area (Å²) in [5.74, 6) is -0.422. The average Bonchev–Trinajstić information content (AvgIpc) is 3.06. The molecule has 1 amide bonds. The van der Waals surface area contributed by atoms with Crippen molar-refractivity contribution in [3.63, 3.8) is 0 Å². The molecule has 1 heterocycles. The van der Waals surface area contributed by atoms with Crippen LogP contribution >= 0.6 is 0 Å². The number of carbonyl (C=O) groups is 1. The zero-order valence-corrected chi connectivity index (χ0v) is 14.9. The van der Waals surface area contributed by atoms with E-state index in [2.05, 4.69) is 15.2 Å². The number of benzene rings is 2. The van der Waals surface area contributed by atoms with E-state index in [4.69, 9.17) is 5.73 Å². The highest BCUT2D eigenvalue weighted by Crippen LogP contribution is 2.23. The van der Waals surface area contributed by atoms with Crippen LogP contribution in [0.2, 0.25) is 0 Å². The number of hydrogen-bond acceptors (Lipinski definition) is 6. The number of phenols is 1. The minimum atomic E-state index is -0.690. The molecule has 9 heteroatoms. The minimum absolute atomic E-state index is 0.0184. The Kier molecular flexibility index (Phi) is 5.16. The number of hydrogen-bond donors (Lipinski definition) is 3. The van der Waals surface area contributed by atoms with Crippen molar-refractivity contribution in [2.24, 2.45) is 10.7 Å². The van der Waals surface area contributed by atoms with Gasteiger partial charge in [-0.3, -0.25) is 20.0 Å². The maximum Gasteiger partial charge on any atom is 0.269 e. The molecule has 0 radical (unpaired) electrons. The number of carbonyl (C=O) groups excluding carboxylic acids is 1. The molecule has 2 aromatic carbocycles. The number of H-pyrrole nitrogens is 1. The molecule has 9 nitrogen and oxygen atoms in total. The summed E-state index contributed by atoms with van der Waals surface area (Å²) in [7, 11) is 0. The second kappa shape index (κ2) is 7.70. The lowest BCUT2D eigenvalue weighted by Gasteiger charge is -2.02. The van der Waals surface area contributed by atoms with Crippen LogP contribution in [0.1, 0.15) is 32.7 Å². The molecule has 3 rings (SSSR count). The molecular weight excluding hydrogens is 362 g/mol. The van der Waals surface area contributed by atoms with Gasteiger partial charge >= 0.3 is 0 Å². The fourth-order valence-electron chi connectivity index (χ4n) is 2.63. The third-order valence-electron chi connectivity index (χ3n) is 4.17. The number of non-ortho nitro benzene ring substituents is 1. The number of aromatic hydroxyl groups is 1. The Morgan fingerprint density at radius 2 is 2.04 bits per heavy atom. The van der Waals surface area contributed by atoms with Gasteiger partial charge in [-0.1, -0.05) is 24.3 Å². The summed E-state index contributed by atoms with van der Waals surface area (Å²) in [5, 5.41) is 27.3. The van der Waals surface area contributed by atoms with E-state index in [9.17, 15) is 20.0 Å². The minimum Gasteiger partial charge on any atom is -0.508 e. The smallest absolute Gasteiger partial charge is 0.269 e. The number of nitrogens with one attached hydrogen (secondary N) is 1. The highest BCUT2D eigenvalue weighted by molar-refractivity contribution is 5.99. The first-order chi connectivity index (χ1) is 13.3. The van der Waals surface area contributed by atoms with E-state index in [1.165, 1.54) is 18.3 Å². The molecule has 0 saturated heterocycles. The predicted octanol–water partition coefficient (Wildman–Crippen LogP) is 2.77. The van der Waals surface area contributed by atoms with Crippen LogP contribution in [0.15, 0.2) is 47.5 Å². The summed E-state index contributed by atoms with van der Waals surface area (Å²) in [6.07, 6.45) is 1.75. The topological polar surface area (TPSA) is 147 Å². The number of phenolic OH excluding ortho intramolecular Hbond substituents is 1. The van der Waals surface area contributed by atoms with Gasteiger partial charge in [-0.25, -0.2) is 4.99 Å². The Labute approximate surface area is 159 Å². The Morgan fingerprint density at radius 1 is 1.32 bits per heavy atom. The van der Waals surface area contributed by atoms with Gasteiger partial charge in [0.05, 0.1) is 10.6 Å². The molecule has 0 unspecified atom stereocenters. The first kappa shape index (κ1) is 18.8.